The fourth-order valence-corrected chi connectivity index (χ4v) is 1.98. The number of aliphatic carboxylic acids is 1. The molecule has 5 heteroatoms. The van der Waals surface area contributed by atoms with Gasteiger partial charge in [-0.3, -0.25) is 4.79 Å². The first kappa shape index (κ1) is 11.6. The molecule has 5 nitrogen and oxygen atoms in total. The molecular formula is C12H15N3O2. The zero-order chi connectivity index (χ0) is 12.7. The first-order valence-electron chi connectivity index (χ1n) is 5.45. The summed E-state index contributed by atoms with van der Waals surface area (Å²) < 4.78 is 1.73. The molecule has 90 valence electrons. The molecule has 0 aliphatic heterocycles. The van der Waals surface area contributed by atoms with Gasteiger partial charge in [0.25, 0.3) is 0 Å². The lowest BCUT2D eigenvalue weighted by Gasteiger charge is -2.09. The molecule has 0 radical (unpaired) electrons. The van der Waals surface area contributed by atoms with Gasteiger partial charge in [0.2, 0.25) is 0 Å². The Morgan fingerprint density at radius 3 is 2.47 bits per heavy atom. The molecule has 0 aliphatic carbocycles. The number of carboxylic acids is 1. The highest BCUT2D eigenvalue weighted by molar-refractivity contribution is 5.71. The molecule has 1 N–H and O–H groups in total. The summed E-state index contributed by atoms with van der Waals surface area (Å²) in [5.74, 6) is -0.849. The Kier molecular flexibility index (Phi) is 2.61. The molecule has 0 saturated carbocycles. The van der Waals surface area contributed by atoms with Crippen molar-refractivity contribution in [3.05, 3.63) is 28.2 Å². The van der Waals surface area contributed by atoms with Gasteiger partial charge in [0.15, 0.2) is 5.65 Å². The quantitative estimate of drug-likeness (QED) is 0.855. The van der Waals surface area contributed by atoms with Gasteiger partial charge in [0.05, 0.1) is 12.1 Å². The molecule has 2 aromatic heterocycles. The average molecular weight is 233 g/mol. The highest BCUT2D eigenvalue weighted by atomic mass is 16.4. The van der Waals surface area contributed by atoms with Gasteiger partial charge < -0.3 is 5.11 Å². The number of aromatic nitrogens is 3. The fourth-order valence-electron chi connectivity index (χ4n) is 1.98. The topological polar surface area (TPSA) is 67.5 Å². The van der Waals surface area contributed by atoms with Crippen molar-refractivity contribution in [3.63, 3.8) is 0 Å². The summed E-state index contributed by atoms with van der Waals surface area (Å²) in [6, 6.07) is 0. The van der Waals surface area contributed by atoms with Crippen molar-refractivity contribution < 1.29 is 9.90 Å². The molecule has 2 heterocycles. The lowest BCUT2D eigenvalue weighted by molar-refractivity contribution is -0.136. The fraction of sp³-hybridized carbons (Fsp3) is 0.417. The van der Waals surface area contributed by atoms with Gasteiger partial charge in [-0.25, -0.2) is 9.50 Å². The summed E-state index contributed by atoms with van der Waals surface area (Å²) in [6.07, 6.45) is -0.0153. The Labute approximate surface area is 99.1 Å². The molecule has 0 amide bonds. The molecule has 0 bridgehead atoms. The molecular weight excluding hydrogens is 218 g/mol. The van der Waals surface area contributed by atoms with Crippen molar-refractivity contribution >= 4 is 11.6 Å². The zero-order valence-corrected chi connectivity index (χ0v) is 10.4. The predicted molar refractivity (Wildman–Crippen MR) is 63.3 cm³/mol. The molecule has 0 aliphatic rings. The third-order valence-electron chi connectivity index (χ3n) is 3.12. The minimum atomic E-state index is -0.849. The van der Waals surface area contributed by atoms with E-state index < -0.39 is 5.97 Å². The summed E-state index contributed by atoms with van der Waals surface area (Å²) in [7, 11) is 0. The maximum atomic E-state index is 10.8. The number of nitrogens with zero attached hydrogens (tertiary/aromatic N) is 3. The molecule has 0 spiro atoms. The van der Waals surface area contributed by atoms with Crippen molar-refractivity contribution in [2.24, 2.45) is 0 Å². The summed E-state index contributed by atoms with van der Waals surface area (Å²) >= 11 is 0. The van der Waals surface area contributed by atoms with E-state index in [1.165, 1.54) is 0 Å². The van der Waals surface area contributed by atoms with Crippen molar-refractivity contribution in [2.75, 3.05) is 0 Å². The largest absolute Gasteiger partial charge is 0.481 e. The molecule has 0 unspecified atom stereocenters. The van der Waals surface area contributed by atoms with Gasteiger partial charge in [0, 0.05) is 22.5 Å². The van der Waals surface area contributed by atoms with E-state index in [2.05, 4.69) is 10.1 Å². The van der Waals surface area contributed by atoms with E-state index in [1.807, 2.05) is 27.7 Å². The summed E-state index contributed by atoms with van der Waals surface area (Å²) in [6.45, 7) is 7.62. The van der Waals surface area contributed by atoms with Crippen molar-refractivity contribution in [2.45, 2.75) is 34.1 Å². The molecule has 2 aromatic rings. The lowest BCUT2D eigenvalue weighted by atomic mass is 10.1. The van der Waals surface area contributed by atoms with E-state index >= 15 is 0 Å². The Bertz CT molecular complexity index is 614. The SMILES string of the molecule is Cc1nc2c(C)c(C)nn2c(C)c1CC(=O)O. The number of aryl methyl sites for hydroxylation is 4. The third kappa shape index (κ3) is 1.77. The van der Waals surface area contributed by atoms with E-state index in [-0.39, 0.29) is 6.42 Å². The van der Waals surface area contributed by atoms with E-state index in [0.29, 0.717) is 0 Å². The van der Waals surface area contributed by atoms with Crippen LogP contribution in [0.1, 0.15) is 28.2 Å². The van der Waals surface area contributed by atoms with Crippen LogP contribution in [0.25, 0.3) is 5.65 Å². The van der Waals surface area contributed by atoms with Crippen LogP contribution >= 0.6 is 0 Å². The Morgan fingerprint density at radius 1 is 1.24 bits per heavy atom. The van der Waals surface area contributed by atoms with Gasteiger partial charge >= 0.3 is 5.97 Å². The Hall–Kier alpha value is -1.91. The van der Waals surface area contributed by atoms with Gasteiger partial charge in [0.1, 0.15) is 0 Å². The van der Waals surface area contributed by atoms with E-state index in [4.69, 9.17) is 5.11 Å². The van der Waals surface area contributed by atoms with Crippen LogP contribution in [0.4, 0.5) is 0 Å². The maximum absolute atomic E-state index is 10.8. The molecule has 0 fully saturated rings. The maximum Gasteiger partial charge on any atom is 0.307 e. The van der Waals surface area contributed by atoms with Gasteiger partial charge in [-0.2, -0.15) is 5.10 Å². The number of rotatable bonds is 2. The van der Waals surface area contributed by atoms with Crippen molar-refractivity contribution in [1.82, 2.24) is 14.6 Å². The molecule has 0 saturated heterocycles. The number of carboxylic acid groups (broad SMARTS) is 1. The van der Waals surface area contributed by atoms with Crippen LogP contribution in [0.15, 0.2) is 0 Å². The number of carbonyl (C=O) groups is 1. The third-order valence-corrected chi connectivity index (χ3v) is 3.12. The second kappa shape index (κ2) is 3.84. The summed E-state index contributed by atoms with van der Waals surface area (Å²) in [5.41, 5.74) is 5.14. The molecule has 2 rings (SSSR count). The first-order chi connectivity index (χ1) is 7.91. The van der Waals surface area contributed by atoms with Gasteiger partial charge in [-0.15, -0.1) is 0 Å². The Balaban J connectivity index is 2.76. The molecule has 17 heavy (non-hydrogen) atoms. The minimum Gasteiger partial charge on any atom is -0.481 e. The average Bonchev–Trinajstić information content (AvgIpc) is 2.52. The van der Waals surface area contributed by atoms with E-state index in [0.717, 1.165) is 33.9 Å². The van der Waals surface area contributed by atoms with Gasteiger partial charge in [-0.05, 0) is 27.7 Å². The predicted octanol–water partition coefficient (Wildman–Crippen LogP) is 1.59. The normalized spacial score (nSPS) is 11.1. The monoisotopic (exact) mass is 233 g/mol. The van der Waals surface area contributed by atoms with Crippen LogP contribution < -0.4 is 0 Å². The van der Waals surface area contributed by atoms with E-state index in [1.54, 1.807) is 4.52 Å². The van der Waals surface area contributed by atoms with Crippen LogP contribution in [-0.4, -0.2) is 25.7 Å². The van der Waals surface area contributed by atoms with E-state index in [9.17, 15) is 4.79 Å². The lowest BCUT2D eigenvalue weighted by Crippen LogP contribution is -2.10. The highest BCUT2D eigenvalue weighted by Gasteiger charge is 2.15. The summed E-state index contributed by atoms with van der Waals surface area (Å²) in [4.78, 5) is 15.3. The van der Waals surface area contributed by atoms with Crippen LogP contribution in [0.5, 0.6) is 0 Å². The van der Waals surface area contributed by atoms with Gasteiger partial charge in [-0.1, -0.05) is 0 Å². The molecule has 0 atom stereocenters. The summed E-state index contributed by atoms with van der Waals surface area (Å²) in [5, 5.41) is 13.3. The highest BCUT2D eigenvalue weighted by Crippen LogP contribution is 2.19. The standard InChI is InChI=1S/C12H15N3O2/c1-6-7(2)14-15-9(4)10(5-11(16)17)8(3)13-12(6)15/h5H2,1-4H3,(H,16,17). The van der Waals surface area contributed by atoms with Crippen LogP contribution in [0, 0.1) is 27.7 Å². The minimum absolute atomic E-state index is 0.0153. The Morgan fingerprint density at radius 2 is 1.88 bits per heavy atom. The first-order valence-corrected chi connectivity index (χ1v) is 5.45. The zero-order valence-electron chi connectivity index (χ0n) is 10.4. The number of hydrogen-bond donors (Lipinski definition) is 1. The smallest absolute Gasteiger partial charge is 0.307 e. The van der Waals surface area contributed by atoms with Crippen LogP contribution in [0.3, 0.4) is 0 Å². The number of fused-ring (bicyclic) bond motifs is 1. The van der Waals surface area contributed by atoms with Crippen LogP contribution in [0.2, 0.25) is 0 Å². The second-order valence-electron chi connectivity index (χ2n) is 4.28. The van der Waals surface area contributed by atoms with Crippen LogP contribution in [-0.2, 0) is 11.2 Å². The van der Waals surface area contributed by atoms with Crippen molar-refractivity contribution in [1.29, 1.82) is 0 Å². The van der Waals surface area contributed by atoms with Crippen molar-refractivity contribution in [3.8, 4) is 0 Å². The second-order valence-corrected chi connectivity index (χ2v) is 4.28. The number of hydrogen-bond acceptors (Lipinski definition) is 3. The molecule has 0 aromatic carbocycles.